The maximum atomic E-state index is 13.4. The molecule has 0 atom stereocenters. The Hall–Kier alpha value is -1.02. The molecule has 1 heterocycles. The van der Waals surface area contributed by atoms with Gasteiger partial charge < -0.3 is 10.1 Å². The van der Waals surface area contributed by atoms with Crippen LogP contribution < -0.4 is 5.32 Å². The van der Waals surface area contributed by atoms with E-state index < -0.39 is 15.8 Å². The lowest BCUT2D eigenvalue weighted by Gasteiger charge is -2.27. The van der Waals surface area contributed by atoms with E-state index in [1.165, 1.54) is 16.4 Å². The summed E-state index contributed by atoms with van der Waals surface area (Å²) in [6, 6.07) is 3.85. The smallest absolute Gasteiger partial charge is 0.243 e. The van der Waals surface area contributed by atoms with Crippen LogP contribution >= 0.6 is 0 Å². The van der Waals surface area contributed by atoms with Gasteiger partial charge in [-0.3, -0.25) is 0 Å². The van der Waals surface area contributed by atoms with Crippen molar-refractivity contribution < 1.29 is 17.5 Å². The summed E-state index contributed by atoms with van der Waals surface area (Å²) in [4.78, 5) is 0.0313. The summed E-state index contributed by atoms with van der Waals surface area (Å²) in [6.45, 7) is 1.72. The van der Waals surface area contributed by atoms with Gasteiger partial charge in [-0.15, -0.1) is 0 Å². The molecule has 0 bridgehead atoms. The number of rotatable bonds is 4. The molecule has 1 N–H and O–H groups in total. The zero-order chi connectivity index (χ0) is 13.9. The Morgan fingerprint density at radius 2 is 2.05 bits per heavy atom. The Morgan fingerprint density at radius 3 is 2.68 bits per heavy atom. The van der Waals surface area contributed by atoms with Crippen LogP contribution in [-0.2, 0) is 21.3 Å². The molecule has 0 aliphatic carbocycles. The van der Waals surface area contributed by atoms with Crippen LogP contribution in [0.1, 0.15) is 5.56 Å². The number of benzene rings is 1. The molecule has 0 spiro atoms. The molecule has 7 heteroatoms. The molecule has 1 aliphatic rings. The van der Waals surface area contributed by atoms with Crippen LogP contribution in [0.3, 0.4) is 0 Å². The van der Waals surface area contributed by atoms with E-state index >= 15 is 0 Å². The Labute approximate surface area is 112 Å². The molecule has 106 valence electrons. The molecule has 1 fully saturated rings. The highest BCUT2D eigenvalue weighted by molar-refractivity contribution is 7.89. The SMILES string of the molecule is CNCc1ccc(F)cc1S(=O)(=O)N1CCOCC1. The average molecular weight is 288 g/mol. The standard InChI is InChI=1S/C12H17FN2O3S/c1-14-9-10-2-3-11(13)8-12(10)19(16,17)15-4-6-18-7-5-15/h2-3,8,14H,4-7,9H2,1H3. The van der Waals surface area contributed by atoms with Gasteiger partial charge in [0.05, 0.1) is 18.1 Å². The van der Waals surface area contributed by atoms with Gasteiger partial charge >= 0.3 is 0 Å². The lowest BCUT2D eigenvalue weighted by molar-refractivity contribution is 0.0730. The molecule has 1 aromatic rings. The monoisotopic (exact) mass is 288 g/mol. The fourth-order valence-electron chi connectivity index (χ4n) is 2.03. The number of nitrogens with one attached hydrogen (secondary N) is 1. The third-order valence-corrected chi connectivity index (χ3v) is 4.97. The minimum absolute atomic E-state index is 0.0313. The minimum Gasteiger partial charge on any atom is -0.379 e. The molecule has 0 aromatic heterocycles. The van der Waals surface area contributed by atoms with E-state index in [1.807, 2.05) is 0 Å². The molecule has 1 saturated heterocycles. The summed E-state index contributed by atoms with van der Waals surface area (Å²) >= 11 is 0. The second kappa shape index (κ2) is 5.96. The highest BCUT2D eigenvalue weighted by Gasteiger charge is 2.28. The quantitative estimate of drug-likeness (QED) is 0.880. The Morgan fingerprint density at radius 1 is 1.37 bits per heavy atom. The molecule has 2 rings (SSSR count). The van der Waals surface area contributed by atoms with E-state index in [4.69, 9.17) is 4.74 Å². The molecule has 0 saturated carbocycles. The van der Waals surface area contributed by atoms with Gasteiger partial charge in [0.1, 0.15) is 5.82 Å². The van der Waals surface area contributed by atoms with Crippen LogP contribution in [-0.4, -0.2) is 46.1 Å². The van der Waals surface area contributed by atoms with Crippen molar-refractivity contribution in [1.82, 2.24) is 9.62 Å². The summed E-state index contributed by atoms with van der Waals surface area (Å²) < 4.78 is 44.9. The summed E-state index contributed by atoms with van der Waals surface area (Å²) in [5.74, 6) is -0.549. The predicted molar refractivity (Wildman–Crippen MR) is 68.7 cm³/mol. The second-order valence-corrected chi connectivity index (χ2v) is 6.21. The van der Waals surface area contributed by atoms with Gasteiger partial charge in [-0.25, -0.2) is 12.8 Å². The van der Waals surface area contributed by atoms with Crippen molar-refractivity contribution in [2.75, 3.05) is 33.4 Å². The second-order valence-electron chi connectivity index (χ2n) is 4.30. The highest BCUT2D eigenvalue weighted by Crippen LogP contribution is 2.22. The van der Waals surface area contributed by atoms with Crippen molar-refractivity contribution in [2.45, 2.75) is 11.4 Å². The van der Waals surface area contributed by atoms with Crippen molar-refractivity contribution >= 4 is 10.0 Å². The minimum atomic E-state index is -3.66. The first-order valence-electron chi connectivity index (χ1n) is 6.06. The number of hydrogen-bond acceptors (Lipinski definition) is 4. The van der Waals surface area contributed by atoms with E-state index in [0.29, 0.717) is 38.4 Å². The first-order valence-corrected chi connectivity index (χ1v) is 7.50. The molecule has 5 nitrogen and oxygen atoms in total. The number of morpholine rings is 1. The first kappa shape index (κ1) is 14.4. The van der Waals surface area contributed by atoms with Crippen molar-refractivity contribution in [3.63, 3.8) is 0 Å². The van der Waals surface area contributed by atoms with Crippen LogP contribution in [0.25, 0.3) is 0 Å². The normalized spacial score (nSPS) is 17.6. The highest BCUT2D eigenvalue weighted by atomic mass is 32.2. The topological polar surface area (TPSA) is 58.6 Å². The van der Waals surface area contributed by atoms with Crippen molar-refractivity contribution in [3.8, 4) is 0 Å². The Bertz CT molecular complexity index is 542. The van der Waals surface area contributed by atoms with Crippen LogP contribution in [0.15, 0.2) is 23.1 Å². The van der Waals surface area contributed by atoms with Crippen molar-refractivity contribution in [3.05, 3.63) is 29.6 Å². The maximum Gasteiger partial charge on any atom is 0.243 e. The molecule has 1 aliphatic heterocycles. The maximum absolute atomic E-state index is 13.4. The molecule has 0 radical (unpaired) electrons. The van der Waals surface area contributed by atoms with E-state index in [1.54, 1.807) is 7.05 Å². The molecule has 0 unspecified atom stereocenters. The Kier molecular flexibility index (Phi) is 4.51. The molecule has 19 heavy (non-hydrogen) atoms. The van der Waals surface area contributed by atoms with Crippen LogP contribution in [0.5, 0.6) is 0 Å². The van der Waals surface area contributed by atoms with Crippen LogP contribution in [0.4, 0.5) is 4.39 Å². The van der Waals surface area contributed by atoms with Crippen molar-refractivity contribution in [2.24, 2.45) is 0 Å². The van der Waals surface area contributed by atoms with E-state index in [0.717, 1.165) is 6.07 Å². The molecular weight excluding hydrogens is 271 g/mol. The Balaban J connectivity index is 2.40. The van der Waals surface area contributed by atoms with E-state index in [9.17, 15) is 12.8 Å². The summed E-state index contributed by atoms with van der Waals surface area (Å²) in [7, 11) is -1.95. The largest absolute Gasteiger partial charge is 0.379 e. The van der Waals surface area contributed by atoms with Gasteiger partial charge in [0.25, 0.3) is 0 Å². The zero-order valence-corrected chi connectivity index (χ0v) is 11.5. The van der Waals surface area contributed by atoms with E-state index in [2.05, 4.69) is 5.32 Å². The van der Waals surface area contributed by atoms with Gasteiger partial charge in [0.15, 0.2) is 0 Å². The summed E-state index contributed by atoms with van der Waals surface area (Å²) in [5, 5.41) is 2.89. The van der Waals surface area contributed by atoms with Gasteiger partial charge in [-0.05, 0) is 24.7 Å². The number of hydrogen-bond donors (Lipinski definition) is 1. The zero-order valence-electron chi connectivity index (χ0n) is 10.7. The fourth-order valence-corrected chi connectivity index (χ4v) is 3.67. The third-order valence-electron chi connectivity index (χ3n) is 2.98. The number of sulfonamides is 1. The van der Waals surface area contributed by atoms with Gasteiger partial charge in [-0.1, -0.05) is 6.07 Å². The predicted octanol–water partition coefficient (Wildman–Crippen LogP) is 0.566. The average Bonchev–Trinajstić information content (AvgIpc) is 2.42. The number of nitrogens with zero attached hydrogens (tertiary/aromatic N) is 1. The molecule has 0 amide bonds. The van der Waals surface area contributed by atoms with Gasteiger partial charge in [-0.2, -0.15) is 4.31 Å². The third kappa shape index (κ3) is 3.11. The molecular formula is C12H17FN2O3S. The lowest BCUT2D eigenvalue weighted by Crippen LogP contribution is -2.41. The fraction of sp³-hybridized carbons (Fsp3) is 0.500. The van der Waals surface area contributed by atoms with Gasteiger partial charge in [0, 0.05) is 19.6 Å². The van der Waals surface area contributed by atoms with Crippen molar-refractivity contribution in [1.29, 1.82) is 0 Å². The van der Waals surface area contributed by atoms with Crippen LogP contribution in [0.2, 0.25) is 0 Å². The number of ether oxygens (including phenoxy) is 1. The molecule has 1 aromatic carbocycles. The van der Waals surface area contributed by atoms with Gasteiger partial charge in [0.2, 0.25) is 10.0 Å². The van der Waals surface area contributed by atoms with Crippen LogP contribution in [0, 0.1) is 5.82 Å². The lowest BCUT2D eigenvalue weighted by atomic mass is 10.2. The van der Waals surface area contributed by atoms with E-state index in [-0.39, 0.29) is 4.90 Å². The number of halogens is 1. The summed E-state index contributed by atoms with van der Waals surface area (Å²) in [5.41, 5.74) is 0.565. The first-order chi connectivity index (χ1) is 9.05. The summed E-state index contributed by atoms with van der Waals surface area (Å²) in [6.07, 6.45) is 0.